The zero-order valence-corrected chi connectivity index (χ0v) is 22.3. The number of allylic oxidation sites excluding steroid dienone is 2. The fraction of sp³-hybridized carbons (Fsp3) is 0.750. The molecule has 196 valence electrons. The molecule has 0 radical (unpaired) electrons. The smallest absolute Gasteiger partial charge is 0.200 e. The molecule has 0 amide bonds. The molecule has 0 N–H and O–H groups in total. The zero-order chi connectivity index (χ0) is 24.6. The Labute approximate surface area is 213 Å². The first-order valence-corrected chi connectivity index (χ1v) is 14.8. The first-order chi connectivity index (χ1) is 17.0. The molecule has 3 aliphatic carbocycles. The highest BCUT2D eigenvalue weighted by atomic mass is 19.2. The van der Waals surface area contributed by atoms with Crippen LogP contribution in [0.4, 0.5) is 8.78 Å². The van der Waals surface area contributed by atoms with Gasteiger partial charge in [0, 0.05) is 0 Å². The predicted molar refractivity (Wildman–Crippen MR) is 142 cm³/mol. The van der Waals surface area contributed by atoms with Crippen LogP contribution in [0.25, 0.3) is 0 Å². The molecular weight excluding hydrogens is 438 g/mol. The highest BCUT2D eigenvalue weighted by molar-refractivity contribution is 5.33. The van der Waals surface area contributed by atoms with Crippen molar-refractivity contribution in [2.75, 3.05) is 6.61 Å². The minimum absolute atomic E-state index is 0.0469. The Morgan fingerprint density at radius 2 is 1.49 bits per heavy atom. The van der Waals surface area contributed by atoms with Crippen molar-refractivity contribution < 1.29 is 13.5 Å². The average Bonchev–Trinajstić information content (AvgIpc) is 2.89. The molecule has 0 heterocycles. The second-order valence-corrected chi connectivity index (χ2v) is 12.0. The Hall–Kier alpha value is -1.38. The van der Waals surface area contributed by atoms with Gasteiger partial charge in [-0.25, -0.2) is 4.39 Å². The van der Waals surface area contributed by atoms with E-state index in [2.05, 4.69) is 19.1 Å². The molecule has 3 fully saturated rings. The Bertz CT molecular complexity index is 794. The van der Waals surface area contributed by atoms with Crippen LogP contribution in [0.1, 0.15) is 122 Å². The summed E-state index contributed by atoms with van der Waals surface area (Å²) >= 11 is 0. The third kappa shape index (κ3) is 7.32. The van der Waals surface area contributed by atoms with Crippen LogP contribution in [0.15, 0.2) is 24.3 Å². The van der Waals surface area contributed by atoms with E-state index in [9.17, 15) is 8.78 Å². The highest BCUT2D eigenvalue weighted by Crippen LogP contribution is 2.42. The van der Waals surface area contributed by atoms with Gasteiger partial charge >= 0.3 is 0 Å². The number of ether oxygens (including phenoxy) is 1. The van der Waals surface area contributed by atoms with Crippen molar-refractivity contribution in [1.82, 2.24) is 0 Å². The molecule has 1 nitrogen and oxygen atoms in total. The van der Waals surface area contributed by atoms with Crippen molar-refractivity contribution >= 4 is 0 Å². The molecular formula is C32H48F2O. The Morgan fingerprint density at radius 1 is 0.829 bits per heavy atom. The topological polar surface area (TPSA) is 9.23 Å². The molecule has 3 heteroatoms. The minimum Gasteiger partial charge on any atom is -0.490 e. The van der Waals surface area contributed by atoms with E-state index in [1.54, 1.807) is 12.1 Å². The van der Waals surface area contributed by atoms with Crippen LogP contribution in [0.2, 0.25) is 0 Å². The summed E-state index contributed by atoms with van der Waals surface area (Å²) < 4.78 is 34.4. The summed E-state index contributed by atoms with van der Waals surface area (Å²) in [5.74, 6) is 3.17. The molecule has 35 heavy (non-hydrogen) atoms. The van der Waals surface area contributed by atoms with Crippen molar-refractivity contribution in [2.45, 2.75) is 116 Å². The third-order valence-electron chi connectivity index (χ3n) is 9.52. The highest BCUT2D eigenvalue weighted by Gasteiger charge is 2.29. The molecule has 0 aromatic heterocycles. The van der Waals surface area contributed by atoms with Gasteiger partial charge in [0.15, 0.2) is 11.6 Å². The van der Waals surface area contributed by atoms with Crippen LogP contribution in [-0.2, 0) is 0 Å². The van der Waals surface area contributed by atoms with Crippen molar-refractivity contribution in [3.8, 4) is 5.75 Å². The maximum absolute atomic E-state index is 14.7. The number of hydrogen-bond acceptors (Lipinski definition) is 1. The summed E-state index contributed by atoms with van der Waals surface area (Å²) in [4.78, 5) is 0. The number of benzene rings is 1. The van der Waals surface area contributed by atoms with E-state index < -0.39 is 11.6 Å². The summed E-state index contributed by atoms with van der Waals surface area (Å²) in [5, 5.41) is 0. The van der Waals surface area contributed by atoms with Crippen LogP contribution in [0.3, 0.4) is 0 Å². The predicted octanol–water partition coefficient (Wildman–Crippen LogP) is 10.00. The van der Waals surface area contributed by atoms with Crippen LogP contribution in [0.5, 0.6) is 5.75 Å². The third-order valence-corrected chi connectivity index (χ3v) is 9.52. The van der Waals surface area contributed by atoms with Gasteiger partial charge in [0.25, 0.3) is 0 Å². The summed E-state index contributed by atoms with van der Waals surface area (Å²) in [5.41, 5.74) is 0.544. The Morgan fingerprint density at radius 3 is 2.14 bits per heavy atom. The lowest BCUT2D eigenvalue weighted by Crippen LogP contribution is -2.24. The monoisotopic (exact) mass is 486 g/mol. The summed E-state index contributed by atoms with van der Waals surface area (Å²) in [6.07, 6.45) is 23.9. The SMILES string of the molecule is CCCOc1ccc(C2CCC(CC/C=C/C3CCC(C4CCC(C)CC4)CC3)CC2)c(F)c1F. The molecule has 4 rings (SSSR count). The standard InChI is InChI=1S/C32H48F2O/c1-3-22-35-30-21-20-29(31(33)32(30)34)28-18-12-25(13-19-28)7-5-4-6-24-10-16-27(17-11-24)26-14-8-23(2)9-15-26/h4,6,20-21,23-28H,3,5,7-19,22H2,1-2H3/b6-4+. The van der Waals surface area contributed by atoms with Crippen molar-refractivity contribution in [3.05, 3.63) is 41.5 Å². The lowest BCUT2D eigenvalue weighted by atomic mass is 9.69. The number of hydrogen-bond donors (Lipinski definition) is 0. The summed E-state index contributed by atoms with van der Waals surface area (Å²) in [7, 11) is 0. The molecule has 0 bridgehead atoms. The number of rotatable bonds is 9. The largest absolute Gasteiger partial charge is 0.490 e. The summed E-state index contributed by atoms with van der Waals surface area (Å²) in [6.45, 7) is 4.80. The van der Waals surface area contributed by atoms with Crippen molar-refractivity contribution in [2.24, 2.45) is 29.6 Å². The van der Waals surface area contributed by atoms with E-state index >= 15 is 0 Å². The van der Waals surface area contributed by atoms with Crippen LogP contribution >= 0.6 is 0 Å². The van der Waals surface area contributed by atoms with Crippen molar-refractivity contribution in [3.63, 3.8) is 0 Å². The van der Waals surface area contributed by atoms with Gasteiger partial charge in [-0.3, -0.25) is 0 Å². The second kappa shape index (κ2) is 13.2. The summed E-state index contributed by atoms with van der Waals surface area (Å²) in [6, 6.07) is 3.37. The van der Waals surface area contributed by atoms with E-state index in [1.807, 2.05) is 6.92 Å². The Kier molecular flexibility index (Phi) is 10.1. The first kappa shape index (κ1) is 26.7. The zero-order valence-electron chi connectivity index (χ0n) is 22.3. The molecule has 1 aromatic carbocycles. The van der Waals surface area contributed by atoms with E-state index in [-0.39, 0.29) is 11.7 Å². The van der Waals surface area contributed by atoms with Crippen LogP contribution in [-0.4, -0.2) is 6.61 Å². The van der Waals surface area contributed by atoms with Gasteiger partial charge in [-0.1, -0.05) is 44.9 Å². The van der Waals surface area contributed by atoms with E-state index in [1.165, 1.54) is 64.2 Å². The average molecular weight is 487 g/mol. The van der Waals surface area contributed by atoms with Crippen molar-refractivity contribution in [1.29, 1.82) is 0 Å². The lowest BCUT2D eigenvalue weighted by Gasteiger charge is -2.36. The van der Waals surface area contributed by atoms with Gasteiger partial charge in [0.1, 0.15) is 0 Å². The molecule has 0 saturated heterocycles. The van der Waals surface area contributed by atoms with Gasteiger partial charge < -0.3 is 4.74 Å². The quantitative estimate of drug-likeness (QED) is 0.315. The fourth-order valence-electron chi connectivity index (χ4n) is 7.13. The van der Waals surface area contributed by atoms with Crippen LogP contribution < -0.4 is 4.74 Å². The van der Waals surface area contributed by atoms with Gasteiger partial charge in [0.05, 0.1) is 6.61 Å². The van der Waals surface area contributed by atoms with Gasteiger partial charge in [-0.2, -0.15) is 4.39 Å². The van der Waals surface area contributed by atoms with Gasteiger partial charge in [-0.05, 0) is 131 Å². The lowest BCUT2D eigenvalue weighted by molar-refractivity contribution is 0.160. The van der Waals surface area contributed by atoms with E-state index in [0.717, 1.165) is 61.7 Å². The molecule has 3 aliphatic rings. The Balaban J connectivity index is 1.14. The van der Waals surface area contributed by atoms with Gasteiger partial charge in [0.2, 0.25) is 5.82 Å². The van der Waals surface area contributed by atoms with E-state index in [0.29, 0.717) is 12.2 Å². The van der Waals surface area contributed by atoms with Gasteiger partial charge in [-0.15, -0.1) is 0 Å². The normalized spacial score (nSPS) is 32.1. The second-order valence-electron chi connectivity index (χ2n) is 12.0. The molecule has 0 unspecified atom stereocenters. The molecule has 0 atom stereocenters. The fourth-order valence-corrected chi connectivity index (χ4v) is 7.13. The molecule has 3 saturated carbocycles. The first-order valence-electron chi connectivity index (χ1n) is 14.8. The number of halogens is 2. The molecule has 0 spiro atoms. The minimum atomic E-state index is -0.814. The van der Waals surface area contributed by atoms with Crippen LogP contribution in [0, 0.1) is 41.2 Å². The maximum atomic E-state index is 14.7. The molecule has 1 aromatic rings. The van der Waals surface area contributed by atoms with E-state index in [4.69, 9.17) is 4.74 Å². The molecule has 0 aliphatic heterocycles. The maximum Gasteiger partial charge on any atom is 0.200 e.